The highest BCUT2D eigenvalue weighted by molar-refractivity contribution is 5.96. The maximum atomic E-state index is 13.1. The number of nitrogens with one attached hydrogen (secondary N) is 2. The zero-order valence-electron chi connectivity index (χ0n) is 15.9. The Morgan fingerprint density at radius 1 is 1.23 bits per heavy atom. The molecule has 0 bridgehead atoms. The standard InChI is InChI=1S/C19H31N3O4/c1-4-6-9-21-18(25)16-13-8-7-12(5-2)14(17(24)20-3)15(13)19(26)22(16)10-11-23/h7-8,12-16,23H,4-6,9-11H2,1-3H3,(H,20,24)(H,21,25)/t12-,13+,14-,15-,16+/m1/s1. The first kappa shape index (κ1) is 20.4. The molecule has 146 valence electrons. The minimum absolute atomic E-state index is 0.0296. The number of amides is 3. The molecule has 0 unspecified atom stereocenters. The fourth-order valence-electron chi connectivity index (χ4n) is 4.25. The second kappa shape index (κ2) is 9.16. The van der Waals surface area contributed by atoms with E-state index in [1.165, 1.54) is 4.90 Å². The highest BCUT2D eigenvalue weighted by atomic mass is 16.3. The first-order chi connectivity index (χ1) is 12.5. The molecule has 26 heavy (non-hydrogen) atoms. The number of β-amino-alcohol motifs (C(OH)–C–C–N with tert-alkyl or cyclic N) is 1. The molecule has 7 nitrogen and oxygen atoms in total. The van der Waals surface area contributed by atoms with Crippen LogP contribution in [-0.2, 0) is 14.4 Å². The monoisotopic (exact) mass is 365 g/mol. The summed E-state index contributed by atoms with van der Waals surface area (Å²) in [7, 11) is 1.57. The molecular formula is C19H31N3O4. The van der Waals surface area contributed by atoms with Crippen LogP contribution in [-0.4, -0.2) is 60.5 Å². The molecule has 1 aliphatic heterocycles. The van der Waals surface area contributed by atoms with Crippen molar-refractivity contribution in [1.29, 1.82) is 0 Å². The van der Waals surface area contributed by atoms with Gasteiger partial charge in [-0.1, -0.05) is 32.4 Å². The minimum Gasteiger partial charge on any atom is -0.395 e. The molecule has 0 saturated carbocycles. The van der Waals surface area contributed by atoms with E-state index in [9.17, 15) is 19.5 Å². The number of aliphatic hydroxyl groups is 1. The minimum atomic E-state index is -0.669. The van der Waals surface area contributed by atoms with E-state index in [1.54, 1.807) is 7.05 Å². The number of nitrogens with zero attached hydrogens (tertiary/aromatic N) is 1. The number of carbonyl (C=O) groups excluding carboxylic acids is 3. The van der Waals surface area contributed by atoms with Crippen molar-refractivity contribution >= 4 is 17.7 Å². The van der Waals surface area contributed by atoms with Crippen molar-refractivity contribution in [3.05, 3.63) is 12.2 Å². The van der Waals surface area contributed by atoms with Gasteiger partial charge in [0.15, 0.2) is 0 Å². The summed E-state index contributed by atoms with van der Waals surface area (Å²) in [6.45, 7) is 4.48. The van der Waals surface area contributed by atoms with E-state index >= 15 is 0 Å². The van der Waals surface area contributed by atoms with Gasteiger partial charge >= 0.3 is 0 Å². The summed E-state index contributed by atoms with van der Waals surface area (Å²) in [5.41, 5.74) is 0. The van der Waals surface area contributed by atoms with Crippen molar-refractivity contribution in [1.82, 2.24) is 15.5 Å². The molecule has 1 saturated heterocycles. The van der Waals surface area contributed by atoms with Gasteiger partial charge in [-0.3, -0.25) is 14.4 Å². The molecule has 7 heteroatoms. The van der Waals surface area contributed by atoms with E-state index in [1.807, 2.05) is 26.0 Å². The van der Waals surface area contributed by atoms with E-state index < -0.39 is 17.9 Å². The number of fused-ring (bicyclic) bond motifs is 1. The van der Waals surface area contributed by atoms with Crippen LogP contribution in [0.25, 0.3) is 0 Å². The van der Waals surface area contributed by atoms with E-state index in [2.05, 4.69) is 10.6 Å². The second-order valence-corrected chi connectivity index (χ2v) is 7.04. The third kappa shape index (κ3) is 3.77. The van der Waals surface area contributed by atoms with Crippen LogP contribution in [0.15, 0.2) is 12.2 Å². The van der Waals surface area contributed by atoms with Gasteiger partial charge < -0.3 is 20.6 Å². The second-order valence-electron chi connectivity index (χ2n) is 7.04. The Morgan fingerprint density at radius 3 is 2.54 bits per heavy atom. The maximum absolute atomic E-state index is 13.1. The van der Waals surface area contributed by atoms with Gasteiger partial charge in [0.2, 0.25) is 17.7 Å². The van der Waals surface area contributed by atoms with Crippen LogP contribution in [0.2, 0.25) is 0 Å². The summed E-state index contributed by atoms with van der Waals surface area (Å²) >= 11 is 0. The molecule has 3 amide bonds. The highest BCUT2D eigenvalue weighted by Crippen LogP contribution is 2.44. The van der Waals surface area contributed by atoms with Gasteiger partial charge in [-0.25, -0.2) is 0 Å². The van der Waals surface area contributed by atoms with Gasteiger partial charge in [0.1, 0.15) is 6.04 Å². The number of likely N-dealkylation sites (tertiary alicyclic amines) is 1. The first-order valence-electron chi connectivity index (χ1n) is 9.60. The predicted octanol–water partition coefficient (Wildman–Crippen LogP) is 0.296. The van der Waals surface area contributed by atoms with Crippen LogP contribution in [0.4, 0.5) is 0 Å². The zero-order chi connectivity index (χ0) is 19.3. The molecule has 1 heterocycles. The molecule has 0 aromatic carbocycles. The first-order valence-corrected chi connectivity index (χ1v) is 9.60. The van der Waals surface area contributed by atoms with E-state index in [0.29, 0.717) is 6.54 Å². The van der Waals surface area contributed by atoms with E-state index in [4.69, 9.17) is 0 Å². The van der Waals surface area contributed by atoms with Crippen molar-refractivity contribution in [3.63, 3.8) is 0 Å². The number of hydrogen-bond acceptors (Lipinski definition) is 4. The maximum Gasteiger partial charge on any atom is 0.243 e. The molecule has 2 rings (SSSR count). The van der Waals surface area contributed by atoms with Crippen LogP contribution >= 0.6 is 0 Å². The quantitative estimate of drug-likeness (QED) is 0.425. The number of carbonyl (C=O) groups is 3. The van der Waals surface area contributed by atoms with Gasteiger partial charge in [0.05, 0.1) is 18.4 Å². The summed E-state index contributed by atoms with van der Waals surface area (Å²) in [6.07, 6.45) is 6.49. The number of hydrogen-bond donors (Lipinski definition) is 3. The fourth-order valence-corrected chi connectivity index (χ4v) is 4.25. The summed E-state index contributed by atoms with van der Waals surface area (Å²) in [4.78, 5) is 39.8. The Bertz CT molecular complexity index is 563. The average molecular weight is 365 g/mol. The van der Waals surface area contributed by atoms with Crippen molar-refractivity contribution in [2.75, 3.05) is 26.7 Å². The molecule has 0 aromatic rings. The Labute approximate surface area is 155 Å². The summed E-state index contributed by atoms with van der Waals surface area (Å²) in [6, 6.07) is -0.669. The predicted molar refractivity (Wildman–Crippen MR) is 98.0 cm³/mol. The van der Waals surface area contributed by atoms with Crippen LogP contribution in [0.5, 0.6) is 0 Å². The van der Waals surface area contributed by atoms with Gasteiger partial charge in [-0.05, 0) is 18.8 Å². The van der Waals surface area contributed by atoms with Crippen LogP contribution in [0.3, 0.4) is 0 Å². The molecule has 1 fully saturated rings. The van der Waals surface area contributed by atoms with E-state index in [-0.39, 0.29) is 42.7 Å². The lowest BCUT2D eigenvalue weighted by Gasteiger charge is -2.33. The number of allylic oxidation sites excluding steroid dienone is 1. The van der Waals surface area contributed by atoms with Gasteiger partial charge in [-0.2, -0.15) is 0 Å². The van der Waals surface area contributed by atoms with Gasteiger partial charge in [0, 0.05) is 26.1 Å². The van der Waals surface area contributed by atoms with Crippen molar-refractivity contribution in [2.45, 2.75) is 39.2 Å². The molecule has 5 atom stereocenters. The fraction of sp³-hybridized carbons (Fsp3) is 0.737. The van der Waals surface area contributed by atoms with E-state index in [0.717, 1.165) is 19.3 Å². The lowest BCUT2D eigenvalue weighted by Crippen LogP contribution is -2.48. The summed E-state index contributed by atoms with van der Waals surface area (Å²) in [5.74, 6) is -2.00. The third-order valence-corrected chi connectivity index (χ3v) is 5.57. The normalized spacial score (nSPS) is 30.2. The van der Waals surface area contributed by atoms with Crippen LogP contribution in [0, 0.1) is 23.7 Å². The molecule has 0 aromatic heterocycles. The zero-order valence-corrected chi connectivity index (χ0v) is 15.9. The van der Waals surface area contributed by atoms with Crippen LogP contribution < -0.4 is 10.6 Å². The lowest BCUT2D eigenvalue weighted by atomic mass is 9.69. The molecule has 3 N–H and O–H groups in total. The van der Waals surface area contributed by atoms with Gasteiger partial charge in [-0.15, -0.1) is 0 Å². The Kier molecular flexibility index (Phi) is 7.20. The average Bonchev–Trinajstić information content (AvgIpc) is 2.93. The SMILES string of the molecule is CCCCNC(=O)[C@@H]1[C@H]2C=C[C@@H](CC)[C@@H](C(=O)NC)[C@@H]2C(=O)N1CCO. The summed E-state index contributed by atoms with van der Waals surface area (Å²) < 4.78 is 0. The molecule has 0 spiro atoms. The number of rotatable bonds is 8. The molecule has 0 radical (unpaired) electrons. The molecule has 2 aliphatic rings. The topological polar surface area (TPSA) is 98.7 Å². The van der Waals surface area contributed by atoms with Crippen molar-refractivity contribution in [3.8, 4) is 0 Å². The highest BCUT2D eigenvalue weighted by Gasteiger charge is 2.56. The van der Waals surface area contributed by atoms with Crippen molar-refractivity contribution in [2.24, 2.45) is 23.7 Å². The van der Waals surface area contributed by atoms with Crippen LogP contribution in [0.1, 0.15) is 33.1 Å². The Hall–Kier alpha value is -1.89. The molecule has 1 aliphatic carbocycles. The lowest BCUT2D eigenvalue weighted by molar-refractivity contribution is -0.141. The van der Waals surface area contributed by atoms with Crippen molar-refractivity contribution < 1.29 is 19.5 Å². The largest absolute Gasteiger partial charge is 0.395 e. The van der Waals surface area contributed by atoms with Gasteiger partial charge in [0.25, 0.3) is 0 Å². The smallest absolute Gasteiger partial charge is 0.243 e. The number of aliphatic hydroxyl groups excluding tert-OH is 1. The molecular weight excluding hydrogens is 334 g/mol. The Morgan fingerprint density at radius 2 is 1.96 bits per heavy atom. The Balaban J connectivity index is 2.35. The number of unbranched alkanes of at least 4 members (excludes halogenated alkanes) is 1. The third-order valence-electron chi connectivity index (χ3n) is 5.57. The summed E-state index contributed by atoms with van der Waals surface area (Å²) in [5, 5.41) is 15.0.